The average molecular weight is 862 g/mol. The first-order valence-electron chi connectivity index (χ1n) is 21.1. The van der Waals surface area contributed by atoms with Gasteiger partial charge in [-0.3, -0.25) is 4.79 Å². The smallest absolute Gasteiger partial charge is 0.350 e. The summed E-state index contributed by atoms with van der Waals surface area (Å²) in [4.78, 5) is 33.2. The second-order valence-electron chi connectivity index (χ2n) is 15.9. The van der Waals surface area contributed by atoms with Gasteiger partial charge in [-0.15, -0.1) is 11.3 Å². The molecule has 3 heterocycles. The van der Waals surface area contributed by atoms with Crippen LogP contribution in [-0.4, -0.2) is 38.5 Å². The van der Waals surface area contributed by atoms with Crippen LogP contribution in [0.2, 0.25) is 0 Å². The second kappa shape index (κ2) is 18.1. The number of thiophene rings is 1. The van der Waals surface area contributed by atoms with Crippen LogP contribution in [0, 0.1) is 0 Å². The number of nitrogens with one attached hydrogen (secondary N) is 1. The van der Waals surface area contributed by atoms with E-state index in [-0.39, 0.29) is 12.5 Å². The van der Waals surface area contributed by atoms with Gasteiger partial charge in [0.2, 0.25) is 5.91 Å². The summed E-state index contributed by atoms with van der Waals surface area (Å²) in [7, 11) is -3.29. The molecule has 1 aromatic heterocycles. The lowest BCUT2D eigenvalue weighted by atomic mass is 9.78. The average Bonchev–Trinajstić information content (AvgIpc) is 3.80. The maximum atomic E-state index is 14.0. The summed E-state index contributed by atoms with van der Waals surface area (Å²) in [6, 6.07) is 39.6. The highest BCUT2D eigenvalue weighted by Crippen LogP contribution is 2.43. The normalized spacial score (nSPS) is 18.3. The molecule has 2 atom stereocenters. The standard InChI is InChI=1S/C44H38N2O3S.C7H9NO3S/c47-44(45-40-16-8-11-29-9-2-4-15-37(29)40)46(49-43-17-5-6-26-48-43)34-13-7-12-32(28-34)41-24-25-42(50-41)33-20-21-36-31(27-33)19-23-38-35-14-3-1-10-30(35)18-22-39(36)38;8-7(9)5-6-3-1-2-4-12(6,10)11/h1-4,7-16,19,23-25,27-28,43H,5-6,17-18,20-22,26H2,(H,45,47);1-4,6H,5H2,(H2,8,9). The summed E-state index contributed by atoms with van der Waals surface area (Å²) < 4.78 is 28.3. The van der Waals surface area contributed by atoms with Gasteiger partial charge in [0.05, 0.1) is 16.6 Å². The van der Waals surface area contributed by atoms with E-state index in [4.69, 9.17) is 15.3 Å². The van der Waals surface area contributed by atoms with Crippen LogP contribution in [0.3, 0.4) is 0 Å². The number of hydrogen-bond acceptors (Lipinski definition) is 7. The Morgan fingerprint density at radius 1 is 0.806 bits per heavy atom. The highest BCUT2D eigenvalue weighted by Gasteiger charge is 2.27. The van der Waals surface area contributed by atoms with Gasteiger partial charge in [-0.05, 0) is 119 Å². The maximum absolute atomic E-state index is 14.0. The highest BCUT2D eigenvalue weighted by molar-refractivity contribution is 7.95. The molecule has 10 rings (SSSR count). The fraction of sp³-hybridized carbons (Fsp3) is 0.216. The number of sulfone groups is 1. The minimum atomic E-state index is -3.29. The Bertz CT molecular complexity index is 2870. The third kappa shape index (κ3) is 8.94. The molecule has 3 amide bonds. The molecule has 2 aliphatic carbocycles. The molecule has 0 spiro atoms. The predicted octanol–water partition coefficient (Wildman–Crippen LogP) is 11.0. The summed E-state index contributed by atoms with van der Waals surface area (Å²) in [5, 5.41) is 6.82. The van der Waals surface area contributed by atoms with Crippen molar-refractivity contribution in [3.63, 3.8) is 0 Å². The lowest BCUT2D eigenvalue weighted by Crippen LogP contribution is -2.40. The van der Waals surface area contributed by atoms with Crippen molar-refractivity contribution in [2.75, 3.05) is 17.0 Å². The molecule has 11 heteroatoms. The third-order valence-electron chi connectivity index (χ3n) is 11.8. The van der Waals surface area contributed by atoms with Gasteiger partial charge < -0.3 is 15.8 Å². The van der Waals surface area contributed by atoms with Gasteiger partial charge >= 0.3 is 6.03 Å². The zero-order valence-corrected chi connectivity index (χ0v) is 35.8. The van der Waals surface area contributed by atoms with Gasteiger partial charge in [-0.2, -0.15) is 5.06 Å². The molecule has 0 bridgehead atoms. The number of benzene rings is 5. The molecule has 1 saturated heterocycles. The first-order chi connectivity index (χ1) is 30.2. The van der Waals surface area contributed by atoms with Crippen molar-refractivity contribution >= 4 is 66.9 Å². The summed E-state index contributed by atoms with van der Waals surface area (Å²) in [5.74, 6) is -0.608. The van der Waals surface area contributed by atoms with E-state index in [9.17, 15) is 18.0 Å². The van der Waals surface area contributed by atoms with Crippen LogP contribution in [0.1, 0.15) is 59.2 Å². The van der Waals surface area contributed by atoms with E-state index in [0.29, 0.717) is 12.3 Å². The molecule has 2 unspecified atom stereocenters. The van der Waals surface area contributed by atoms with Crippen molar-refractivity contribution < 1.29 is 27.6 Å². The van der Waals surface area contributed by atoms with E-state index in [2.05, 4.69) is 66.0 Å². The van der Waals surface area contributed by atoms with Crippen molar-refractivity contribution in [2.45, 2.75) is 62.9 Å². The first kappa shape index (κ1) is 41.3. The quantitative estimate of drug-likeness (QED) is 0.147. The molecule has 6 aromatic rings. The lowest BCUT2D eigenvalue weighted by Gasteiger charge is -2.29. The molecule has 5 aromatic carbocycles. The predicted molar refractivity (Wildman–Crippen MR) is 250 cm³/mol. The van der Waals surface area contributed by atoms with E-state index in [1.165, 1.54) is 61.0 Å². The number of hydrogen-bond donors (Lipinski definition) is 2. The van der Waals surface area contributed by atoms with Crippen LogP contribution in [0.25, 0.3) is 44.0 Å². The summed E-state index contributed by atoms with van der Waals surface area (Å²) in [5.41, 5.74) is 17.4. The number of nitrogens with two attached hydrogens (primary N) is 1. The number of nitrogens with zero attached hydrogens (tertiary/aromatic N) is 1. The largest absolute Gasteiger partial charge is 0.370 e. The van der Waals surface area contributed by atoms with Crippen molar-refractivity contribution in [3.05, 3.63) is 166 Å². The Labute approximate surface area is 366 Å². The summed E-state index contributed by atoms with van der Waals surface area (Å²) >= 11 is 1.80. The fourth-order valence-electron chi connectivity index (χ4n) is 8.68. The number of amides is 3. The second-order valence-corrected chi connectivity index (χ2v) is 19.0. The molecule has 1 fully saturated rings. The molecule has 9 nitrogen and oxygen atoms in total. The van der Waals surface area contributed by atoms with E-state index in [0.717, 1.165) is 77.3 Å². The fourth-order valence-corrected chi connectivity index (χ4v) is 10.9. The molecule has 4 aliphatic rings. The van der Waals surface area contributed by atoms with Gasteiger partial charge in [0, 0.05) is 40.0 Å². The molecular weight excluding hydrogens is 815 g/mol. The SMILES string of the molecule is NC(=O)CC1C=CC=CS1(=O)=O.O=C(Nc1cccc2ccccc12)N(OC1CCCCO1)c1cccc(-c2ccc(C3=Cc4ccc5c(c4CC3)CCc3ccccc3-5)s2)c1. The van der Waals surface area contributed by atoms with Crippen LogP contribution >= 0.6 is 11.3 Å². The Morgan fingerprint density at radius 3 is 2.47 bits per heavy atom. The molecule has 62 heavy (non-hydrogen) atoms. The molecule has 0 saturated carbocycles. The van der Waals surface area contributed by atoms with Gasteiger partial charge in [0.25, 0.3) is 0 Å². The van der Waals surface area contributed by atoms with E-state index < -0.39 is 27.3 Å². The number of urea groups is 1. The Morgan fingerprint density at radius 2 is 1.61 bits per heavy atom. The number of allylic oxidation sites excluding steroid dienone is 3. The number of carbonyl (C=O) groups excluding carboxylic acids is 2. The molecular formula is C51H47N3O6S2. The van der Waals surface area contributed by atoms with Crippen LogP contribution in [0.15, 0.2) is 139 Å². The van der Waals surface area contributed by atoms with E-state index in [1.807, 2.05) is 60.7 Å². The van der Waals surface area contributed by atoms with Gasteiger partial charge in [-0.1, -0.05) is 109 Å². The van der Waals surface area contributed by atoms with Crippen molar-refractivity contribution in [2.24, 2.45) is 5.73 Å². The Hall–Kier alpha value is -6.11. The van der Waals surface area contributed by atoms with Crippen molar-refractivity contribution in [1.82, 2.24) is 0 Å². The number of hydroxylamine groups is 1. The number of carbonyl (C=O) groups is 2. The van der Waals surface area contributed by atoms with Gasteiger partial charge in [-0.25, -0.2) is 18.0 Å². The summed E-state index contributed by atoms with van der Waals surface area (Å²) in [6.07, 6.45) is 13.3. The van der Waals surface area contributed by atoms with Crippen LogP contribution in [0.4, 0.5) is 16.2 Å². The van der Waals surface area contributed by atoms with E-state index in [1.54, 1.807) is 17.4 Å². The van der Waals surface area contributed by atoms with Crippen molar-refractivity contribution in [1.29, 1.82) is 0 Å². The number of rotatable bonds is 8. The number of anilines is 2. The Balaban J connectivity index is 0.000000355. The van der Waals surface area contributed by atoms with Crippen LogP contribution in [-0.2, 0) is 43.5 Å². The van der Waals surface area contributed by atoms with E-state index >= 15 is 0 Å². The monoisotopic (exact) mass is 861 g/mol. The van der Waals surface area contributed by atoms with Crippen LogP contribution in [0.5, 0.6) is 0 Å². The first-order valence-corrected chi connectivity index (χ1v) is 23.5. The topological polar surface area (TPSA) is 128 Å². The van der Waals surface area contributed by atoms with Crippen LogP contribution < -0.4 is 16.1 Å². The molecule has 3 N–H and O–H groups in total. The van der Waals surface area contributed by atoms with Crippen molar-refractivity contribution in [3.8, 4) is 21.6 Å². The maximum Gasteiger partial charge on any atom is 0.350 e. The summed E-state index contributed by atoms with van der Waals surface area (Å²) in [6.45, 7) is 0.623. The number of primary amides is 1. The minimum Gasteiger partial charge on any atom is -0.370 e. The molecule has 0 radical (unpaired) electrons. The molecule has 314 valence electrons. The Kier molecular flexibility index (Phi) is 12.0. The highest BCUT2D eigenvalue weighted by atomic mass is 32.2. The lowest BCUT2D eigenvalue weighted by molar-refractivity contribution is -0.162. The zero-order chi connectivity index (χ0) is 42.6. The number of fused-ring (bicyclic) bond motifs is 6. The van der Waals surface area contributed by atoms with Gasteiger partial charge in [0.15, 0.2) is 16.1 Å². The number of aryl methyl sites for hydroxylation is 1. The number of ether oxygens (including phenoxy) is 1. The third-order valence-corrected chi connectivity index (χ3v) is 14.7. The zero-order valence-electron chi connectivity index (χ0n) is 34.2. The minimum absolute atomic E-state index is 0.150. The van der Waals surface area contributed by atoms with Gasteiger partial charge in [0.1, 0.15) is 0 Å². The molecule has 2 aliphatic heterocycles.